The minimum atomic E-state index is -0.0942. The van der Waals surface area contributed by atoms with Crippen LogP contribution in [-0.4, -0.2) is 48.6 Å². The van der Waals surface area contributed by atoms with Gasteiger partial charge in [0.05, 0.1) is 30.3 Å². The molecule has 1 saturated heterocycles. The lowest BCUT2D eigenvalue weighted by Crippen LogP contribution is -2.43. The molecule has 0 saturated carbocycles. The molecule has 28 heavy (non-hydrogen) atoms. The summed E-state index contributed by atoms with van der Waals surface area (Å²) >= 11 is 0. The van der Waals surface area contributed by atoms with Gasteiger partial charge in [0.15, 0.2) is 0 Å². The zero-order chi connectivity index (χ0) is 19.5. The Bertz CT molecular complexity index is 976. The Labute approximate surface area is 164 Å². The van der Waals surface area contributed by atoms with E-state index in [1.54, 1.807) is 0 Å². The molecule has 1 aliphatic heterocycles. The zero-order valence-electron chi connectivity index (χ0n) is 16.3. The van der Waals surface area contributed by atoms with Crippen molar-refractivity contribution in [2.24, 2.45) is 0 Å². The third kappa shape index (κ3) is 3.93. The van der Waals surface area contributed by atoms with Gasteiger partial charge in [0.25, 0.3) is 5.91 Å². The number of nitrogens with zero attached hydrogens (tertiary/aromatic N) is 2. The summed E-state index contributed by atoms with van der Waals surface area (Å²) in [4.78, 5) is 19.8. The molecule has 0 spiro atoms. The monoisotopic (exact) mass is 379 g/mol. The van der Waals surface area contributed by atoms with Gasteiger partial charge < -0.3 is 14.5 Å². The molecule has 146 valence electrons. The van der Waals surface area contributed by atoms with Crippen molar-refractivity contribution in [1.29, 1.82) is 0 Å². The van der Waals surface area contributed by atoms with Gasteiger partial charge in [0.1, 0.15) is 11.5 Å². The van der Waals surface area contributed by atoms with Crippen LogP contribution in [0.25, 0.3) is 10.9 Å². The van der Waals surface area contributed by atoms with Crippen molar-refractivity contribution in [3.8, 4) is 0 Å². The summed E-state index contributed by atoms with van der Waals surface area (Å²) in [5.41, 5.74) is 2.31. The molecule has 1 aromatic carbocycles. The van der Waals surface area contributed by atoms with E-state index in [2.05, 4.69) is 15.2 Å². The van der Waals surface area contributed by atoms with Crippen molar-refractivity contribution in [1.82, 2.24) is 15.2 Å². The molecule has 6 nitrogen and oxygen atoms in total. The SMILES string of the molecule is Cc1cc(C(=O)NCC(c2ccc(C)o2)N2CCOCC2)c2ccccc2n1. The molecule has 0 bridgehead atoms. The molecule has 1 fully saturated rings. The summed E-state index contributed by atoms with van der Waals surface area (Å²) in [5, 5.41) is 3.98. The lowest BCUT2D eigenvalue weighted by Gasteiger charge is -2.33. The lowest BCUT2D eigenvalue weighted by molar-refractivity contribution is 0.0117. The maximum Gasteiger partial charge on any atom is 0.252 e. The van der Waals surface area contributed by atoms with E-state index in [0.717, 1.165) is 41.2 Å². The summed E-state index contributed by atoms with van der Waals surface area (Å²) in [6.45, 7) is 7.34. The second kappa shape index (κ2) is 8.12. The molecule has 3 aromatic rings. The van der Waals surface area contributed by atoms with Crippen LogP contribution in [0.1, 0.15) is 33.6 Å². The third-order valence-corrected chi connectivity index (χ3v) is 5.12. The number of rotatable bonds is 5. The van der Waals surface area contributed by atoms with E-state index in [4.69, 9.17) is 9.15 Å². The van der Waals surface area contributed by atoms with Crippen molar-refractivity contribution in [2.75, 3.05) is 32.8 Å². The van der Waals surface area contributed by atoms with Crippen molar-refractivity contribution in [3.63, 3.8) is 0 Å². The molecule has 1 amide bonds. The fourth-order valence-electron chi connectivity index (χ4n) is 3.71. The first-order valence-electron chi connectivity index (χ1n) is 9.64. The zero-order valence-corrected chi connectivity index (χ0v) is 16.3. The molecule has 1 aliphatic rings. The third-order valence-electron chi connectivity index (χ3n) is 5.12. The Morgan fingerprint density at radius 3 is 2.71 bits per heavy atom. The van der Waals surface area contributed by atoms with Crippen LogP contribution in [0.3, 0.4) is 0 Å². The Morgan fingerprint density at radius 2 is 1.96 bits per heavy atom. The highest BCUT2D eigenvalue weighted by atomic mass is 16.5. The highest BCUT2D eigenvalue weighted by Crippen LogP contribution is 2.24. The van der Waals surface area contributed by atoms with Gasteiger partial charge in [-0.2, -0.15) is 0 Å². The number of benzene rings is 1. The van der Waals surface area contributed by atoms with Gasteiger partial charge in [-0.1, -0.05) is 18.2 Å². The fourth-order valence-corrected chi connectivity index (χ4v) is 3.71. The number of hydrogen-bond donors (Lipinski definition) is 1. The van der Waals surface area contributed by atoms with Crippen LogP contribution in [0.5, 0.6) is 0 Å². The number of hydrogen-bond acceptors (Lipinski definition) is 5. The van der Waals surface area contributed by atoms with E-state index >= 15 is 0 Å². The first kappa shape index (κ1) is 18.7. The maximum atomic E-state index is 13.0. The van der Waals surface area contributed by atoms with Gasteiger partial charge in [-0.05, 0) is 38.1 Å². The molecule has 1 atom stereocenters. The Balaban J connectivity index is 1.56. The number of aryl methyl sites for hydroxylation is 2. The Kier molecular flexibility index (Phi) is 5.41. The predicted octanol–water partition coefficient (Wildman–Crippen LogP) is 3.25. The Morgan fingerprint density at radius 1 is 1.18 bits per heavy atom. The van der Waals surface area contributed by atoms with E-state index in [1.807, 2.05) is 56.3 Å². The Hall–Kier alpha value is -2.70. The summed E-state index contributed by atoms with van der Waals surface area (Å²) in [7, 11) is 0. The molecule has 1 unspecified atom stereocenters. The largest absolute Gasteiger partial charge is 0.465 e. The minimum Gasteiger partial charge on any atom is -0.465 e. The second-order valence-electron chi connectivity index (χ2n) is 7.15. The van der Waals surface area contributed by atoms with E-state index in [1.165, 1.54) is 0 Å². The normalized spacial score (nSPS) is 16.2. The number of amides is 1. The van der Waals surface area contributed by atoms with Crippen molar-refractivity contribution in [3.05, 3.63) is 65.2 Å². The lowest BCUT2D eigenvalue weighted by atomic mass is 10.1. The molecule has 4 rings (SSSR count). The fraction of sp³-hybridized carbons (Fsp3) is 0.364. The van der Waals surface area contributed by atoms with Crippen LogP contribution >= 0.6 is 0 Å². The highest BCUT2D eigenvalue weighted by Gasteiger charge is 2.26. The summed E-state index contributed by atoms with van der Waals surface area (Å²) < 4.78 is 11.4. The quantitative estimate of drug-likeness (QED) is 0.737. The van der Waals surface area contributed by atoms with E-state index in [9.17, 15) is 4.79 Å². The molecular formula is C22H25N3O3. The van der Waals surface area contributed by atoms with Gasteiger partial charge in [0, 0.05) is 30.7 Å². The number of fused-ring (bicyclic) bond motifs is 1. The summed E-state index contributed by atoms with van der Waals surface area (Å²) in [6, 6.07) is 13.5. The van der Waals surface area contributed by atoms with E-state index < -0.39 is 0 Å². The van der Waals surface area contributed by atoms with Crippen LogP contribution in [0.4, 0.5) is 0 Å². The van der Waals surface area contributed by atoms with E-state index in [-0.39, 0.29) is 11.9 Å². The van der Waals surface area contributed by atoms with Gasteiger partial charge >= 0.3 is 0 Å². The standard InChI is InChI=1S/C22H25N3O3/c1-15-13-18(17-5-3-4-6-19(17)24-15)22(26)23-14-20(21-8-7-16(2)28-21)25-9-11-27-12-10-25/h3-8,13,20H,9-12,14H2,1-2H3,(H,23,26). The second-order valence-corrected chi connectivity index (χ2v) is 7.15. The number of morpholine rings is 1. The smallest absolute Gasteiger partial charge is 0.252 e. The number of carbonyl (C=O) groups excluding carboxylic acids is 1. The molecule has 1 N–H and O–H groups in total. The van der Waals surface area contributed by atoms with Crippen LogP contribution < -0.4 is 5.32 Å². The van der Waals surface area contributed by atoms with Crippen LogP contribution in [-0.2, 0) is 4.74 Å². The number of aromatic nitrogens is 1. The van der Waals surface area contributed by atoms with Crippen LogP contribution in [0.15, 0.2) is 46.9 Å². The molecule has 6 heteroatoms. The highest BCUT2D eigenvalue weighted by molar-refractivity contribution is 6.06. The maximum absolute atomic E-state index is 13.0. The average Bonchev–Trinajstić information content (AvgIpc) is 3.14. The first-order chi connectivity index (χ1) is 13.6. The number of ether oxygens (including phenoxy) is 1. The molecule has 0 radical (unpaired) electrons. The molecular weight excluding hydrogens is 354 g/mol. The van der Waals surface area contributed by atoms with Crippen LogP contribution in [0, 0.1) is 13.8 Å². The number of pyridine rings is 1. The van der Waals surface area contributed by atoms with Gasteiger partial charge in [-0.3, -0.25) is 14.7 Å². The summed E-state index contributed by atoms with van der Waals surface area (Å²) in [6.07, 6.45) is 0. The molecule has 0 aliphatic carbocycles. The average molecular weight is 379 g/mol. The number of para-hydroxylation sites is 1. The van der Waals surface area contributed by atoms with E-state index in [0.29, 0.717) is 25.3 Å². The van der Waals surface area contributed by atoms with Crippen molar-refractivity contribution in [2.45, 2.75) is 19.9 Å². The molecule has 3 heterocycles. The number of furan rings is 1. The van der Waals surface area contributed by atoms with Crippen molar-refractivity contribution < 1.29 is 13.9 Å². The molecule has 2 aromatic heterocycles. The van der Waals surface area contributed by atoms with Crippen molar-refractivity contribution >= 4 is 16.8 Å². The minimum absolute atomic E-state index is 0.0178. The van der Waals surface area contributed by atoms with Gasteiger partial charge in [0.2, 0.25) is 0 Å². The van der Waals surface area contributed by atoms with Crippen LogP contribution in [0.2, 0.25) is 0 Å². The van der Waals surface area contributed by atoms with Gasteiger partial charge in [-0.25, -0.2) is 0 Å². The number of nitrogens with one attached hydrogen (secondary N) is 1. The first-order valence-corrected chi connectivity index (χ1v) is 9.64. The number of carbonyl (C=O) groups is 1. The summed E-state index contributed by atoms with van der Waals surface area (Å²) in [5.74, 6) is 1.65. The predicted molar refractivity (Wildman–Crippen MR) is 107 cm³/mol. The van der Waals surface area contributed by atoms with Gasteiger partial charge in [-0.15, -0.1) is 0 Å². The topological polar surface area (TPSA) is 67.6 Å².